The molecule has 0 aliphatic heterocycles. The third-order valence-corrected chi connectivity index (χ3v) is 4.53. The molecule has 0 spiro atoms. The van der Waals surface area contributed by atoms with Crippen molar-refractivity contribution in [3.8, 4) is 0 Å². The van der Waals surface area contributed by atoms with Gasteiger partial charge in [0, 0.05) is 37.9 Å². The van der Waals surface area contributed by atoms with Crippen LogP contribution in [0.15, 0.2) is 40.7 Å². The van der Waals surface area contributed by atoms with Gasteiger partial charge in [-0.25, -0.2) is 9.98 Å². The molecule has 0 aliphatic carbocycles. The molecule has 0 aliphatic rings. The molecule has 0 amide bonds. The zero-order valence-corrected chi connectivity index (χ0v) is 18.9. The highest BCUT2D eigenvalue weighted by atomic mass is 127. The lowest BCUT2D eigenvalue weighted by atomic mass is 9.93. The molecule has 2 rings (SSSR count). The quantitative estimate of drug-likeness (QED) is 0.401. The summed E-state index contributed by atoms with van der Waals surface area (Å²) >= 11 is 1.74. The minimum absolute atomic E-state index is 0. The first-order valence-corrected chi connectivity index (χ1v) is 9.18. The molecule has 0 saturated carbocycles. The summed E-state index contributed by atoms with van der Waals surface area (Å²) in [5.41, 5.74) is 2.51. The van der Waals surface area contributed by atoms with Crippen LogP contribution in [0.5, 0.6) is 0 Å². The van der Waals surface area contributed by atoms with Crippen molar-refractivity contribution >= 4 is 41.3 Å². The van der Waals surface area contributed by atoms with E-state index in [1.165, 1.54) is 16.3 Å². The Labute approximate surface area is 172 Å². The number of benzene rings is 1. The fraction of sp³-hybridized carbons (Fsp3) is 0.474. The fourth-order valence-electron chi connectivity index (χ4n) is 2.16. The van der Waals surface area contributed by atoms with Gasteiger partial charge in [0.15, 0.2) is 5.96 Å². The zero-order valence-electron chi connectivity index (χ0n) is 15.7. The van der Waals surface area contributed by atoms with Crippen molar-refractivity contribution in [2.45, 2.75) is 39.2 Å². The van der Waals surface area contributed by atoms with E-state index in [1.807, 2.05) is 37.2 Å². The number of hydrogen-bond donors (Lipinski definition) is 1. The van der Waals surface area contributed by atoms with Crippen LogP contribution in [0, 0.1) is 0 Å². The summed E-state index contributed by atoms with van der Waals surface area (Å²) in [5, 5.41) is 6.78. The van der Waals surface area contributed by atoms with Gasteiger partial charge in [0.1, 0.15) is 0 Å². The van der Waals surface area contributed by atoms with Gasteiger partial charge in [0.25, 0.3) is 0 Å². The average Bonchev–Trinajstić information content (AvgIpc) is 3.00. The van der Waals surface area contributed by atoms with Gasteiger partial charge in [-0.1, -0.05) is 51.1 Å². The van der Waals surface area contributed by atoms with Crippen LogP contribution >= 0.6 is 35.3 Å². The fourth-order valence-corrected chi connectivity index (χ4v) is 3.18. The van der Waals surface area contributed by atoms with Gasteiger partial charge in [-0.2, -0.15) is 0 Å². The van der Waals surface area contributed by atoms with Gasteiger partial charge < -0.3 is 10.2 Å². The van der Waals surface area contributed by atoms with Crippen LogP contribution in [0.25, 0.3) is 0 Å². The van der Waals surface area contributed by atoms with E-state index >= 15 is 0 Å². The summed E-state index contributed by atoms with van der Waals surface area (Å²) in [6.07, 6.45) is 0.916. The standard InChI is InChI=1S/C19H28N4S.HI/c1-19(2,3)16-14-24-17(22-16)11-12-20-18(23(4)5)21-13-15-9-7-6-8-10-15;/h6-10,14H,11-13H2,1-5H3,(H,20,21);1H. The van der Waals surface area contributed by atoms with E-state index in [9.17, 15) is 0 Å². The molecular formula is C19H29IN4S. The first-order chi connectivity index (χ1) is 11.4. The Bertz CT molecular complexity index is 660. The van der Waals surface area contributed by atoms with Crippen LogP contribution in [-0.2, 0) is 18.4 Å². The molecule has 1 aromatic heterocycles. The second-order valence-corrected chi connectivity index (χ2v) is 8.02. The lowest BCUT2D eigenvalue weighted by Gasteiger charge is -2.17. The van der Waals surface area contributed by atoms with Crippen molar-refractivity contribution in [3.63, 3.8) is 0 Å². The first kappa shape index (κ1) is 21.9. The minimum Gasteiger partial charge on any atom is -0.356 e. The van der Waals surface area contributed by atoms with Crippen LogP contribution < -0.4 is 5.32 Å². The van der Waals surface area contributed by atoms with Crippen molar-refractivity contribution in [1.29, 1.82) is 0 Å². The van der Waals surface area contributed by atoms with Crippen LogP contribution in [0.4, 0.5) is 0 Å². The molecule has 1 heterocycles. The summed E-state index contributed by atoms with van der Waals surface area (Å²) < 4.78 is 0. The molecule has 4 nitrogen and oxygen atoms in total. The predicted molar refractivity (Wildman–Crippen MR) is 119 cm³/mol. The number of aromatic nitrogens is 1. The summed E-state index contributed by atoms with van der Waals surface area (Å²) in [4.78, 5) is 11.4. The Hall–Kier alpha value is -1.15. The second-order valence-electron chi connectivity index (χ2n) is 7.07. The van der Waals surface area contributed by atoms with E-state index < -0.39 is 0 Å². The summed E-state index contributed by atoms with van der Waals surface area (Å²) in [6, 6.07) is 10.3. The number of thiazole rings is 1. The maximum atomic E-state index is 4.74. The second kappa shape index (κ2) is 10.1. The molecule has 138 valence electrons. The van der Waals surface area contributed by atoms with Gasteiger partial charge in [0.05, 0.1) is 17.2 Å². The van der Waals surface area contributed by atoms with E-state index in [-0.39, 0.29) is 29.4 Å². The van der Waals surface area contributed by atoms with Gasteiger partial charge in [-0.3, -0.25) is 0 Å². The van der Waals surface area contributed by atoms with Crippen LogP contribution in [0.3, 0.4) is 0 Å². The normalized spacial score (nSPS) is 11.8. The third-order valence-electron chi connectivity index (χ3n) is 3.62. The topological polar surface area (TPSA) is 40.5 Å². The highest BCUT2D eigenvalue weighted by molar-refractivity contribution is 14.0. The first-order valence-electron chi connectivity index (χ1n) is 8.30. The summed E-state index contributed by atoms with van der Waals surface area (Å²) in [6.45, 7) is 8.12. The number of hydrogen-bond acceptors (Lipinski definition) is 3. The Morgan fingerprint density at radius 3 is 2.44 bits per heavy atom. The van der Waals surface area contributed by atoms with Gasteiger partial charge in [-0.05, 0) is 5.56 Å². The maximum absolute atomic E-state index is 4.74. The van der Waals surface area contributed by atoms with E-state index in [0.29, 0.717) is 6.54 Å². The number of aliphatic imine (C=N–C) groups is 1. The highest BCUT2D eigenvalue weighted by Gasteiger charge is 2.17. The minimum atomic E-state index is 0. The van der Waals surface area contributed by atoms with Gasteiger partial charge in [0.2, 0.25) is 0 Å². The molecule has 25 heavy (non-hydrogen) atoms. The Balaban J connectivity index is 0.00000312. The number of rotatable bonds is 5. The number of guanidine groups is 1. The summed E-state index contributed by atoms with van der Waals surface area (Å²) in [7, 11) is 4.02. The lowest BCUT2D eigenvalue weighted by Crippen LogP contribution is -2.37. The van der Waals surface area contributed by atoms with E-state index in [2.05, 4.69) is 48.6 Å². The SMILES string of the molecule is CN(C)C(=NCc1ccccc1)NCCc1nc(C(C)(C)C)cs1.I. The molecule has 0 bridgehead atoms. The molecule has 2 aromatic rings. The molecule has 0 fully saturated rings. The monoisotopic (exact) mass is 472 g/mol. The Morgan fingerprint density at radius 1 is 1.20 bits per heavy atom. The smallest absolute Gasteiger partial charge is 0.193 e. The Kier molecular flexibility index (Phi) is 8.85. The van der Waals surface area contributed by atoms with Crippen LogP contribution in [0.2, 0.25) is 0 Å². The van der Waals surface area contributed by atoms with Crippen LogP contribution in [0.1, 0.15) is 37.0 Å². The van der Waals surface area contributed by atoms with Crippen molar-refractivity contribution in [2.24, 2.45) is 4.99 Å². The average molecular weight is 472 g/mol. The number of halogens is 1. The number of nitrogens with one attached hydrogen (secondary N) is 1. The van der Waals surface area contributed by atoms with E-state index in [4.69, 9.17) is 4.98 Å². The zero-order chi connectivity index (χ0) is 17.6. The molecular weight excluding hydrogens is 443 g/mol. The van der Waals surface area contributed by atoms with Crippen molar-refractivity contribution in [1.82, 2.24) is 15.2 Å². The third kappa shape index (κ3) is 7.32. The molecule has 0 saturated heterocycles. The molecule has 0 radical (unpaired) electrons. The van der Waals surface area contributed by atoms with E-state index in [1.54, 1.807) is 11.3 Å². The van der Waals surface area contributed by atoms with Crippen molar-refractivity contribution in [3.05, 3.63) is 52.0 Å². The predicted octanol–water partition coefficient (Wildman–Crippen LogP) is 4.31. The van der Waals surface area contributed by atoms with E-state index in [0.717, 1.165) is 18.9 Å². The molecule has 0 unspecified atom stereocenters. The summed E-state index contributed by atoms with van der Waals surface area (Å²) in [5.74, 6) is 0.909. The molecule has 0 atom stereocenters. The molecule has 6 heteroatoms. The van der Waals surface area contributed by atoms with Gasteiger partial charge in [-0.15, -0.1) is 35.3 Å². The van der Waals surface area contributed by atoms with Crippen molar-refractivity contribution < 1.29 is 0 Å². The maximum Gasteiger partial charge on any atom is 0.193 e. The van der Waals surface area contributed by atoms with Crippen molar-refractivity contribution in [2.75, 3.05) is 20.6 Å². The lowest BCUT2D eigenvalue weighted by molar-refractivity contribution is 0.568. The highest BCUT2D eigenvalue weighted by Crippen LogP contribution is 2.23. The largest absolute Gasteiger partial charge is 0.356 e. The van der Waals surface area contributed by atoms with Gasteiger partial charge >= 0.3 is 0 Å². The number of nitrogens with zero attached hydrogens (tertiary/aromatic N) is 3. The molecule has 1 N–H and O–H groups in total. The van der Waals surface area contributed by atoms with Crippen LogP contribution in [-0.4, -0.2) is 36.5 Å². The molecule has 1 aromatic carbocycles. The Morgan fingerprint density at radius 2 is 1.88 bits per heavy atom.